The zero-order valence-corrected chi connectivity index (χ0v) is 20.6. The molecule has 0 heterocycles. The van der Waals surface area contributed by atoms with E-state index in [0.717, 1.165) is 28.1 Å². The van der Waals surface area contributed by atoms with E-state index >= 15 is 0 Å². The molecule has 6 nitrogen and oxygen atoms in total. The molecular weight excluding hydrogens is 428 g/mol. The minimum Gasteiger partial charge on any atom is -0.375 e. The summed E-state index contributed by atoms with van der Waals surface area (Å²) in [6.45, 7) is 10.6. The molecule has 2 aromatic rings. The quantitative estimate of drug-likeness (QED) is 0.358. The molecular formula is C25H32ClN2O4+. The molecule has 32 heavy (non-hydrogen) atoms. The first-order valence-electron chi connectivity index (χ1n) is 10.5. The number of quaternary nitrogens is 1. The van der Waals surface area contributed by atoms with E-state index in [4.69, 9.17) is 16.5 Å². The summed E-state index contributed by atoms with van der Waals surface area (Å²) < 4.78 is 3.66. The third kappa shape index (κ3) is 5.26. The van der Waals surface area contributed by atoms with Crippen molar-refractivity contribution in [1.29, 1.82) is 0 Å². The van der Waals surface area contributed by atoms with Crippen LogP contribution in [0, 0.1) is 13.8 Å². The number of methoxy groups -OCH3 is 1. The Kier molecular flexibility index (Phi) is 7.99. The molecule has 172 valence electrons. The summed E-state index contributed by atoms with van der Waals surface area (Å²) in [5, 5.41) is 1.09. The topological polar surface area (TPSA) is 63.7 Å². The molecule has 2 aromatic carbocycles. The number of carbonyl (C=O) groups is 3. The number of carbonyl (C=O) groups excluding carboxylic acids is 3. The molecule has 0 fully saturated rings. The average Bonchev–Trinajstić information content (AvgIpc) is 2.71. The predicted octanol–water partition coefficient (Wildman–Crippen LogP) is 5.01. The van der Waals surface area contributed by atoms with Crippen molar-refractivity contribution in [3.05, 3.63) is 70.3 Å². The van der Waals surface area contributed by atoms with Crippen LogP contribution in [-0.4, -0.2) is 46.1 Å². The maximum absolute atomic E-state index is 13.9. The maximum Gasteiger partial charge on any atom is 0.396 e. The largest absolute Gasteiger partial charge is 0.396 e. The van der Waals surface area contributed by atoms with Crippen molar-refractivity contribution in [3.8, 4) is 0 Å². The van der Waals surface area contributed by atoms with E-state index in [1.54, 1.807) is 45.0 Å². The lowest BCUT2D eigenvalue weighted by atomic mass is 10.0. The van der Waals surface area contributed by atoms with Crippen molar-refractivity contribution in [3.63, 3.8) is 0 Å². The highest BCUT2D eigenvalue weighted by Gasteiger charge is 2.58. The second kappa shape index (κ2) is 9.94. The molecule has 0 spiro atoms. The van der Waals surface area contributed by atoms with E-state index < -0.39 is 27.4 Å². The Morgan fingerprint density at radius 1 is 0.938 bits per heavy atom. The molecule has 0 radical (unpaired) electrons. The molecule has 0 aromatic heterocycles. The van der Waals surface area contributed by atoms with Gasteiger partial charge in [0.05, 0.1) is 16.7 Å². The number of ether oxygens (including phenoxy) is 1. The Labute approximate surface area is 195 Å². The minimum atomic E-state index is -1.37. The van der Waals surface area contributed by atoms with E-state index in [9.17, 15) is 14.4 Å². The van der Waals surface area contributed by atoms with Crippen molar-refractivity contribution in [2.75, 3.05) is 13.7 Å². The highest BCUT2D eigenvalue weighted by Crippen LogP contribution is 2.33. The van der Waals surface area contributed by atoms with Crippen LogP contribution in [0.1, 0.15) is 65.1 Å². The zero-order valence-electron chi connectivity index (χ0n) is 19.9. The smallest absolute Gasteiger partial charge is 0.375 e. The molecule has 0 aliphatic carbocycles. The minimum absolute atomic E-state index is 0.231. The predicted molar refractivity (Wildman–Crippen MR) is 125 cm³/mol. The monoisotopic (exact) mass is 459 g/mol. The Morgan fingerprint density at radius 2 is 1.44 bits per heavy atom. The fourth-order valence-corrected chi connectivity index (χ4v) is 4.23. The van der Waals surface area contributed by atoms with Crippen molar-refractivity contribution in [1.82, 2.24) is 5.01 Å². The molecule has 0 saturated carbocycles. The lowest BCUT2D eigenvalue weighted by Crippen LogP contribution is -2.68. The standard InChI is InChI=1S/C25H32ClN2O4/c1-8-19-9-11-20(12-10-19)23(30)28(26,27(25(4,5)6)22(29)16-32-7)24(31)21-14-17(2)13-18(3)15-21/h9-15H,8,16H2,1-7H3/q+1. The molecule has 3 amide bonds. The summed E-state index contributed by atoms with van der Waals surface area (Å²) in [5.74, 6) is -1.99. The van der Waals surface area contributed by atoms with Gasteiger partial charge in [-0.15, -0.1) is 5.01 Å². The Bertz CT molecular complexity index is 991. The van der Waals surface area contributed by atoms with Gasteiger partial charge in [-0.3, -0.25) is 4.79 Å². The number of hydrogen-bond acceptors (Lipinski definition) is 4. The van der Waals surface area contributed by atoms with Gasteiger partial charge in [0.1, 0.15) is 6.61 Å². The van der Waals surface area contributed by atoms with E-state index in [1.807, 2.05) is 39.0 Å². The van der Waals surface area contributed by atoms with Crippen LogP contribution in [0.3, 0.4) is 0 Å². The fraction of sp³-hybridized carbons (Fsp3) is 0.400. The summed E-state index contributed by atoms with van der Waals surface area (Å²) >= 11 is 6.96. The van der Waals surface area contributed by atoms with Crippen LogP contribution in [0.4, 0.5) is 0 Å². The number of halogens is 1. The molecule has 0 N–H and O–H groups in total. The van der Waals surface area contributed by atoms with Gasteiger partial charge in [-0.25, -0.2) is 9.59 Å². The number of benzene rings is 2. The molecule has 0 aliphatic rings. The van der Waals surface area contributed by atoms with Crippen molar-refractivity contribution in [2.24, 2.45) is 0 Å². The Morgan fingerprint density at radius 3 is 1.88 bits per heavy atom. The molecule has 0 saturated heterocycles. The second-order valence-corrected chi connectivity index (χ2v) is 9.39. The Balaban J connectivity index is 2.77. The lowest BCUT2D eigenvalue weighted by molar-refractivity contribution is -0.780. The highest BCUT2D eigenvalue weighted by molar-refractivity contribution is 6.23. The van der Waals surface area contributed by atoms with E-state index in [0.29, 0.717) is 0 Å². The van der Waals surface area contributed by atoms with Gasteiger partial charge in [0, 0.05) is 11.2 Å². The summed E-state index contributed by atoms with van der Waals surface area (Å²) in [4.78, 5) is 40.9. The first-order chi connectivity index (χ1) is 14.9. The van der Waals surface area contributed by atoms with E-state index in [2.05, 4.69) is 0 Å². The van der Waals surface area contributed by atoms with Crippen LogP contribution in [0.5, 0.6) is 0 Å². The molecule has 2 rings (SSSR count). The van der Waals surface area contributed by atoms with Gasteiger partial charge in [-0.2, -0.15) is 0 Å². The lowest BCUT2D eigenvalue weighted by Gasteiger charge is -2.41. The number of aryl methyl sites for hydroxylation is 3. The first-order valence-corrected chi connectivity index (χ1v) is 10.9. The summed E-state index contributed by atoms with van der Waals surface area (Å²) in [6, 6.07) is 12.1. The second-order valence-electron chi connectivity index (χ2n) is 8.90. The van der Waals surface area contributed by atoms with Crippen LogP contribution in [-0.2, 0) is 16.0 Å². The number of amides is 3. The number of rotatable bonds is 5. The van der Waals surface area contributed by atoms with E-state index in [-0.39, 0.29) is 17.7 Å². The van der Waals surface area contributed by atoms with E-state index in [1.165, 1.54) is 7.11 Å². The normalized spacial score (nSPS) is 13.4. The first kappa shape index (κ1) is 25.7. The zero-order chi connectivity index (χ0) is 24.3. The van der Waals surface area contributed by atoms with Crippen LogP contribution in [0.25, 0.3) is 0 Å². The number of imide groups is 1. The van der Waals surface area contributed by atoms with Gasteiger partial charge in [0.15, 0.2) is 0 Å². The maximum atomic E-state index is 13.9. The SMILES string of the molecule is CCc1ccc(C(=O)[N+](Cl)(C(=O)c2cc(C)cc(C)c2)N(C(=O)COC)C(C)(C)C)cc1. The highest BCUT2D eigenvalue weighted by atomic mass is 35.5. The molecule has 1 unspecified atom stereocenters. The van der Waals surface area contributed by atoms with Gasteiger partial charge < -0.3 is 4.74 Å². The number of hydrogen-bond donors (Lipinski definition) is 0. The van der Waals surface area contributed by atoms with Gasteiger partial charge in [0.25, 0.3) is 5.91 Å². The average molecular weight is 460 g/mol. The van der Waals surface area contributed by atoms with Crippen LogP contribution in [0.2, 0.25) is 0 Å². The van der Waals surface area contributed by atoms with Gasteiger partial charge >= 0.3 is 11.8 Å². The fourth-order valence-electron chi connectivity index (χ4n) is 3.72. The summed E-state index contributed by atoms with van der Waals surface area (Å²) in [5.41, 5.74) is 2.25. The van der Waals surface area contributed by atoms with Crippen LogP contribution in [0.15, 0.2) is 42.5 Å². The molecule has 1 atom stereocenters. The van der Waals surface area contributed by atoms with Crippen molar-refractivity contribution in [2.45, 2.75) is 53.5 Å². The van der Waals surface area contributed by atoms with Gasteiger partial charge in [0.2, 0.25) is 11.8 Å². The number of nitrogens with zero attached hydrogens (tertiary/aromatic N) is 2. The van der Waals surface area contributed by atoms with Gasteiger partial charge in [-0.1, -0.05) is 25.1 Å². The third-order valence-corrected chi connectivity index (χ3v) is 5.49. The summed E-state index contributed by atoms with van der Waals surface area (Å²) in [7, 11) is 1.37. The molecule has 0 aliphatic heterocycles. The molecule has 0 bridgehead atoms. The van der Waals surface area contributed by atoms with Crippen LogP contribution < -0.4 is 0 Å². The Hall–Kier alpha value is -2.54. The summed E-state index contributed by atoms with van der Waals surface area (Å²) in [6.07, 6.45) is 0.803. The van der Waals surface area contributed by atoms with Gasteiger partial charge in [-0.05, 0) is 82.0 Å². The third-order valence-electron chi connectivity index (χ3n) is 5.03. The van der Waals surface area contributed by atoms with Crippen LogP contribution >= 0.6 is 11.8 Å². The molecule has 7 heteroatoms. The van der Waals surface area contributed by atoms with Crippen molar-refractivity contribution < 1.29 is 23.2 Å². The van der Waals surface area contributed by atoms with Crippen molar-refractivity contribution >= 4 is 29.5 Å².